The number of hydrogen-bond donors (Lipinski definition) is 2. The number of hydrogen-bond acceptors (Lipinski definition) is 6. The molecule has 1 aliphatic heterocycles. The van der Waals surface area contributed by atoms with Crippen LogP contribution in [0.3, 0.4) is 0 Å². The fourth-order valence-electron chi connectivity index (χ4n) is 1.83. The number of aliphatic hydroxyl groups is 1. The van der Waals surface area contributed by atoms with Crippen molar-refractivity contribution in [1.29, 1.82) is 0 Å². The number of rotatable bonds is 3. The predicted molar refractivity (Wildman–Crippen MR) is 54.8 cm³/mol. The largest absolute Gasteiger partial charge is 0.395 e. The zero-order valence-electron chi connectivity index (χ0n) is 7.89. The van der Waals surface area contributed by atoms with E-state index in [0.29, 0.717) is 11.5 Å². The van der Waals surface area contributed by atoms with Crippen molar-refractivity contribution in [2.45, 2.75) is 25.4 Å². The van der Waals surface area contributed by atoms with Crippen molar-refractivity contribution >= 4 is 16.5 Å². The molecule has 14 heavy (non-hydrogen) atoms. The van der Waals surface area contributed by atoms with Crippen LogP contribution < -0.4 is 5.73 Å². The van der Waals surface area contributed by atoms with Crippen LogP contribution in [0.1, 0.15) is 18.5 Å². The van der Waals surface area contributed by atoms with E-state index in [-0.39, 0.29) is 12.6 Å². The van der Waals surface area contributed by atoms with E-state index in [1.54, 1.807) is 0 Å². The van der Waals surface area contributed by atoms with Gasteiger partial charge in [0.2, 0.25) is 0 Å². The second-order valence-electron chi connectivity index (χ2n) is 3.53. The Morgan fingerprint density at radius 3 is 3.14 bits per heavy atom. The molecule has 2 rings (SSSR count). The number of aliphatic hydroxyl groups excluding tert-OH is 1. The van der Waals surface area contributed by atoms with Crippen LogP contribution in [0.25, 0.3) is 0 Å². The van der Waals surface area contributed by atoms with E-state index in [1.807, 2.05) is 0 Å². The van der Waals surface area contributed by atoms with Gasteiger partial charge in [-0.05, 0) is 19.4 Å². The van der Waals surface area contributed by atoms with Crippen LogP contribution in [0.2, 0.25) is 0 Å². The Morgan fingerprint density at radius 1 is 1.64 bits per heavy atom. The monoisotopic (exact) mass is 214 g/mol. The van der Waals surface area contributed by atoms with Gasteiger partial charge in [0.25, 0.3) is 0 Å². The van der Waals surface area contributed by atoms with Crippen LogP contribution in [0.4, 0.5) is 5.00 Å². The number of aromatic nitrogens is 2. The van der Waals surface area contributed by atoms with Gasteiger partial charge in [-0.1, -0.05) is 4.49 Å². The molecule has 0 spiro atoms. The summed E-state index contributed by atoms with van der Waals surface area (Å²) in [4.78, 5) is 2.22. The Balaban J connectivity index is 2.00. The molecule has 1 saturated heterocycles. The molecule has 1 aliphatic rings. The van der Waals surface area contributed by atoms with Gasteiger partial charge < -0.3 is 10.8 Å². The number of nitrogens with zero attached hydrogens (tertiary/aromatic N) is 3. The molecule has 0 amide bonds. The molecule has 0 bridgehead atoms. The first-order chi connectivity index (χ1) is 6.81. The molecule has 0 aliphatic carbocycles. The molecule has 1 fully saturated rings. The lowest BCUT2D eigenvalue weighted by atomic mass is 10.2. The lowest BCUT2D eigenvalue weighted by Gasteiger charge is -2.21. The van der Waals surface area contributed by atoms with Crippen molar-refractivity contribution in [2.75, 3.05) is 18.9 Å². The van der Waals surface area contributed by atoms with Crippen molar-refractivity contribution in [3.63, 3.8) is 0 Å². The molecule has 1 atom stereocenters. The summed E-state index contributed by atoms with van der Waals surface area (Å²) >= 11 is 1.22. The molecule has 6 heteroatoms. The topological polar surface area (TPSA) is 75.3 Å². The van der Waals surface area contributed by atoms with Crippen LogP contribution in [-0.2, 0) is 6.54 Å². The number of anilines is 1. The maximum absolute atomic E-state index is 9.13. The lowest BCUT2D eigenvalue weighted by molar-refractivity contribution is 0.152. The molecule has 78 valence electrons. The first kappa shape index (κ1) is 9.82. The summed E-state index contributed by atoms with van der Waals surface area (Å²) in [7, 11) is 0. The average molecular weight is 214 g/mol. The van der Waals surface area contributed by atoms with Crippen LogP contribution in [0.5, 0.6) is 0 Å². The molecule has 1 aromatic rings. The molecular weight excluding hydrogens is 200 g/mol. The Bertz CT molecular complexity index is 303. The zero-order chi connectivity index (χ0) is 9.97. The standard InChI is InChI=1S/C8H14N4OS/c9-8-7(10-11-14-8)4-12-3-1-2-6(12)5-13/h6,13H,1-5,9H2. The Hall–Kier alpha value is -0.720. The molecule has 5 nitrogen and oxygen atoms in total. The van der Waals surface area contributed by atoms with E-state index in [0.717, 1.165) is 25.1 Å². The maximum Gasteiger partial charge on any atom is 0.132 e. The van der Waals surface area contributed by atoms with Gasteiger partial charge in [0.1, 0.15) is 10.7 Å². The molecular formula is C8H14N4OS. The van der Waals surface area contributed by atoms with Gasteiger partial charge in [-0.2, -0.15) is 0 Å². The van der Waals surface area contributed by atoms with Crippen molar-refractivity contribution in [3.8, 4) is 0 Å². The fraction of sp³-hybridized carbons (Fsp3) is 0.750. The number of nitrogens with two attached hydrogens (primary N) is 1. The first-order valence-corrected chi connectivity index (χ1v) is 5.50. The fourth-order valence-corrected chi connectivity index (χ4v) is 2.27. The van der Waals surface area contributed by atoms with Gasteiger partial charge in [0.15, 0.2) is 0 Å². The van der Waals surface area contributed by atoms with Crippen molar-refractivity contribution in [1.82, 2.24) is 14.5 Å². The summed E-state index contributed by atoms with van der Waals surface area (Å²) in [6.07, 6.45) is 2.21. The Morgan fingerprint density at radius 2 is 2.50 bits per heavy atom. The second kappa shape index (κ2) is 4.20. The quantitative estimate of drug-likeness (QED) is 0.745. The third kappa shape index (κ3) is 1.87. The number of likely N-dealkylation sites (tertiary alicyclic amines) is 1. The molecule has 0 radical (unpaired) electrons. The van der Waals surface area contributed by atoms with Crippen LogP contribution >= 0.6 is 11.5 Å². The van der Waals surface area contributed by atoms with Gasteiger partial charge in [0.05, 0.1) is 6.61 Å². The minimum absolute atomic E-state index is 0.220. The Kier molecular flexibility index (Phi) is 2.95. The predicted octanol–water partition coefficient (Wildman–Crippen LogP) is 0.0770. The number of nitrogen functional groups attached to an aromatic ring is 1. The summed E-state index contributed by atoms with van der Waals surface area (Å²) in [5, 5.41) is 13.8. The van der Waals surface area contributed by atoms with E-state index in [2.05, 4.69) is 14.5 Å². The van der Waals surface area contributed by atoms with Gasteiger partial charge in [-0.15, -0.1) is 5.10 Å². The molecule has 1 aromatic heterocycles. The van der Waals surface area contributed by atoms with Gasteiger partial charge >= 0.3 is 0 Å². The van der Waals surface area contributed by atoms with E-state index < -0.39 is 0 Å². The summed E-state index contributed by atoms with van der Waals surface area (Å²) in [5.41, 5.74) is 6.55. The SMILES string of the molecule is Nc1snnc1CN1CCCC1CO. The maximum atomic E-state index is 9.13. The minimum Gasteiger partial charge on any atom is -0.395 e. The van der Waals surface area contributed by atoms with Crippen LogP contribution in [0, 0.1) is 0 Å². The van der Waals surface area contributed by atoms with Crippen molar-refractivity contribution in [3.05, 3.63) is 5.69 Å². The smallest absolute Gasteiger partial charge is 0.132 e. The lowest BCUT2D eigenvalue weighted by Crippen LogP contribution is -2.31. The zero-order valence-corrected chi connectivity index (χ0v) is 8.70. The van der Waals surface area contributed by atoms with Crippen molar-refractivity contribution < 1.29 is 5.11 Å². The van der Waals surface area contributed by atoms with Crippen molar-refractivity contribution in [2.24, 2.45) is 0 Å². The highest BCUT2D eigenvalue weighted by molar-refractivity contribution is 7.09. The first-order valence-electron chi connectivity index (χ1n) is 4.73. The van der Waals surface area contributed by atoms with Gasteiger partial charge in [-0.25, -0.2) is 0 Å². The molecule has 0 aromatic carbocycles. The van der Waals surface area contributed by atoms with Crippen LogP contribution in [-0.4, -0.2) is 38.8 Å². The highest BCUT2D eigenvalue weighted by Gasteiger charge is 2.24. The summed E-state index contributed by atoms with van der Waals surface area (Å²) in [5.74, 6) is 0. The Labute approximate surface area is 86.7 Å². The normalized spacial score (nSPS) is 23.1. The molecule has 3 N–H and O–H groups in total. The summed E-state index contributed by atoms with van der Waals surface area (Å²) < 4.78 is 3.79. The highest BCUT2D eigenvalue weighted by atomic mass is 32.1. The second-order valence-corrected chi connectivity index (χ2v) is 4.32. The molecule has 1 unspecified atom stereocenters. The van der Waals surface area contributed by atoms with Crippen LogP contribution in [0.15, 0.2) is 0 Å². The van der Waals surface area contributed by atoms with Gasteiger partial charge in [-0.3, -0.25) is 4.90 Å². The minimum atomic E-state index is 0.220. The molecule has 2 heterocycles. The highest BCUT2D eigenvalue weighted by Crippen LogP contribution is 2.22. The van der Waals surface area contributed by atoms with E-state index in [1.165, 1.54) is 11.5 Å². The van der Waals surface area contributed by atoms with E-state index >= 15 is 0 Å². The van der Waals surface area contributed by atoms with E-state index in [9.17, 15) is 0 Å². The summed E-state index contributed by atoms with van der Waals surface area (Å²) in [6, 6.07) is 0.274. The third-order valence-electron chi connectivity index (χ3n) is 2.65. The van der Waals surface area contributed by atoms with E-state index in [4.69, 9.17) is 10.8 Å². The van der Waals surface area contributed by atoms with Gasteiger partial charge in [0, 0.05) is 24.1 Å². The third-order valence-corrected chi connectivity index (χ3v) is 3.24. The average Bonchev–Trinajstić information content (AvgIpc) is 2.77. The molecule has 0 saturated carbocycles. The summed E-state index contributed by atoms with van der Waals surface area (Å²) in [6.45, 7) is 1.95.